The van der Waals surface area contributed by atoms with Crippen molar-refractivity contribution in [3.05, 3.63) is 27.6 Å². The van der Waals surface area contributed by atoms with Crippen LogP contribution in [-0.2, 0) is 6.54 Å². The lowest BCUT2D eigenvalue weighted by atomic mass is 10.0. The zero-order chi connectivity index (χ0) is 13.3. The van der Waals surface area contributed by atoms with Gasteiger partial charge in [-0.2, -0.15) is 4.98 Å². The molecule has 0 spiro atoms. The minimum atomic E-state index is 0.220. The average Bonchev–Trinajstić information content (AvgIpc) is 2.81. The monoisotopic (exact) mass is 311 g/mol. The van der Waals surface area contributed by atoms with Crippen LogP contribution in [0.3, 0.4) is 0 Å². The summed E-state index contributed by atoms with van der Waals surface area (Å²) in [5, 5.41) is 3.93. The van der Waals surface area contributed by atoms with E-state index >= 15 is 0 Å². The molecule has 0 atom stereocenters. The van der Waals surface area contributed by atoms with Crippen LogP contribution in [-0.4, -0.2) is 17.3 Å². The van der Waals surface area contributed by atoms with Crippen LogP contribution >= 0.6 is 15.9 Å². The first-order valence-corrected chi connectivity index (χ1v) is 6.24. The van der Waals surface area contributed by atoms with E-state index < -0.39 is 0 Å². The van der Waals surface area contributed by atoms with Crippen LogP contribution in [0.2, 0.25) is 0 Å². The van der Waals surface area contributed by atoms with Gasteiger partial charge in [-0.15, -0.1) is 0 Å². The highest BCUT2D eigenvalue weighted by atomic mass is 79.9. The molecule has 0 saturated carbocycles. The molecule has 0 bridgehead atoms. The molecule has 0 radical (unpaired) electrons. The van der Waals surface area contributed by atoms with Gasteiger partial charge in [0.15, 0.2) is 0 Å². The summed E-state index contributed by atoms with van der Waals surface area (Å²) < 4.78 is 11.4. The zero-order valence-corrected chi connectivity index (χ0v) is 12.0. The molecule has 18 heavy (non-hydrogen) atoms. The van der Waals surface area contributed by atoms with E-state index in [0.717, 1.165) is 26.9 Å². The molecule has 1 aromatic heterocycles. The van der Waals surface area contributed by atoms with Crippen molar-refractivity contribution in [2.75, 3.05) is 7.11 Å². The van der Waals surface area contributed by atoms with Gasteiger partial charge in [-0.05, 0) is 40.9 Å². The number of hydrogen-bond donors (Lipinski definition) is 1. The van der Waals surface area contributed by atoms with Crippen molar-refractivity contribution >= 4 is 15.9 Å². The Labute approximate surface area is 113 Å². The fourth-order valence-electron chi connectivity index (χ4n) is 1.85. The summed E-state index contributed by atoms with van der Waals surface area (Å²) in [5.41, 5.74) is 8.37. The predicted molar refractivity (Wildman–Crippen MR) is 71.4 cm³/mol. The van der Waals surface area contributed by atoms with Crippen LogP contribution in [0.4, 0.5) is 0 Å². The van der Waals surface area contributed by atoms with Crippen molar-refractivity contribution in [2.45, 2.75) is 20.4 Å². The molecule has 0 amide bonds. The third kappa shape index (κ3) is 2.13. The maximum atomic E-state index is 5.47. The molecule has 2 aromatic rings. The number of benzene rings is 1. The van der Waals surface area contributed by atoms with Crippen LogP contribution in [0.1, 0.15) is 17.0 Å². The fourth-order valence-corrected chi connectivity index (χ4v) is 2.32. The molecule has 0 saturated heterocycles. The fraction of sp³-hybridized carbons (Fsp3) is 0.333. The minimum absolute atomic E-state index is 0.220. The summed E-state index contributed by atoms with van der Waals surface area (Å²) in [6, 6.07) is 2.04. The lowest BCUT2D eigenvalue weighted by molar-refractivity contribution is 0.379. The SMILES string of the molecule is COc1c(C)cc(C)c(Br)c1-c1noc(CN)n1. The Kier molecular flexibility index (Phi) is 3.68. The minimum Gasteiger partial charge on any atom is -0.496 e. The van der Waals surface area contributed by atoms with Gasteiger partial charge < -0.3 is 15.0 Å². The standard InChI is InChI=1S/C12H14BrN3O2/c1-6-4-7(2)11(17-3)9(10(6)13)12-15-8(5-14)18-16-12/h4H,5,14H2,1-3H3. The van der Waals surface area contributed by atoms with Gasteiger partial charge in [-0.25, -0.2) is 0 Å². The highest BCUT2D eigenvalue weighted by Gasteiger charge is 2.19. The topological polar surface area (TPSA) is 74.2 Å². The van der Waals surface area contributed by atoms with Crippen molar-refractivity contribution in [3.8, 4) is 17.1 Å². The van der Waals surface area contributed by atoms with Crippen molar-refractivity contribution in [1.29, 1.82) is 0 Å². The molecular formula is C12H14BrN3O2. The Morgan fingerprint density at radius 1 is 1.39 bits per heavy atom. The molecule has 0 aliphatic rings. The largest absolute Gasteiger partial charge is 0.496 e. The van der Waals surface area contributed by atoms with Crippen LogP contribution < -0.4 is 10.5 Å². The quantitative estimate of drug-likeness (QED) is 0.943. The lowest BCUT2D eigenvalue weighted by Gasteiger charge is -2.12. The number of nitrogens with zero attached hydrogens (tertiary/aromatic N) is 2. The molecule has 0 aliphatic heterocycles. The number of methoxy groups -OCH3 is 1. The maximum Gasteiger partial charge on any atom is 0.240 e. The van der Waals surface area contributed by atoms with Crippen molar-refractivity contribution < 1.29 is 9.26 Å². The van der Waals surface area contributed by atoms with Crippen molar-refractivity contribution in [1.82, 2.24) is 10.1 Å². The van der Waals surface area contributed by atoms with Gasteiger partial charge in [0, 0.05) is 4.47 Å². The second-order valence-electron chi connectivity index (χ2n) is 3.95. The summed E-state index contributed by atoms with van der Waals surface area (Å²) in [6.07, 6.45) is 0. The second kappa shape index (κ2) is 5.07. The molecule has 0 fully saturated rings. The summed E-state index contributed by atoms with van der Waals surface area (Å²) in [6.45, 7) is 4.20. The van der Waals surface area contributed by atoms with Crippen LogP contribution in [0, 0.1) is 13.8 Å². The van der Waals surface area contributed by atoms with E-state index in [1.165, 1.54) is 0 Å². The van der Waals surface area contributed by atoms with Crippen LogP contribution in [0.15, 0.2) is 15.1 Å². The van der Waals surface area contributed by atoms with Gasteiger partial charge in [0.1, 0.15) is 5.75 Å². The number of halogens is 1. The number of aryl methyl sites for hydroxylation is 2. The highest BCUT2D eigenvalue weighted by Crippen LogP contribution is 2.39. The summed E-state index contributed by atoms with van der Waals surface area (Å²) in [4.78, 5) is 4.24. The molecule has 2 rings (SSSR count). The average molecular weight is 312 g/mol. The molecule has 0 unspecified atom stereocenters. The first-order chi connectivity index (χ1) is 8.58. The normalized spacial score (nSPS) is 10.7. The van der Waals surface area contributed by atoms with Crippen LogP contribution in [0.5, 0.6) is 5.75 Å². The molecule has 1 heterocycles. The number of ether oxygens (including phenoxy) is 1. The van der Waals surface area contributed by atoms with Gasteiger partial charge >= 0.3 is 0 Å². The Balaban J connectivity index is 2.68. The molecule has 96 valence electrons. The summed E-state index contributed by atoms with van der Waals surface area (Å²) >= 11 is 3.54. The van der Waals surface area contributed by atoms with E-state index in [1.807, 2.05) is 19.9 Å². The Bertz CT molecular complexity index is 581. The predicted octanol–water partition coefficient (Wildman–Crippen LogP) is 2.58. The van der Waals surface area contributed by atoms with Crippen molar-refractivity contribution in [2.24, 2.45) is 5.73 Å². The smallest absolute Gasteiger partial charge is 0.240 e. The summed E-state index contributed by atoms with van der Waals surface area (Å²) in [7, 11) is 1.62. The first-order valence-electron chi connectivity index (χ1n) is 5.45. The Morgan fingerprint density at radius 3 is 2.67 bits per heavy atom. The van der Waals surface area contributed by atoms with Crippen molar-refractivity contribution in [3.63, 3.8) is 0 Å². The second-order valence-corrected chi connectivity index (χ2v) is 4.74. The number of hydrogen-bond acceptors (Lipinski definition) is 5. The first kappa shape index (κ1) is 13.0. The number of rotatable bonds is 3. The van der Waals surface area contributed by atoms with Gasteiger partial charge in [0.05, 0.1) is 19.2 Å². The van der Waals surface area contributed by atoms with E-state index in [9.17, 15) is 0 Å². The van der Waals surface area contributed by atoms with E-state index in [2.05, 4.69) is 26.1 Å². The van der Waals surface area contributed by atoms with E-state index in [4.69, 9.17) is 15.0 Å². The van der Waals surface area contributed by atoms with E-state index in [0.29, 0.717) is 11.7 Å². The molecular weight excluding hydrogens is 298 g/mol. The Morgan fingerprint density at radius 2 is 2.11 bits per heavy atom. The Hall–Kier alpha value is -1.40. The molecule has 6 heteroatoms. The summed E-state index contributed by atoms with van der Waals surface area (Å²) in [5.74, 6) is 1.61. The molecule has 1 aromatic carbocycles. The van der Waals surface area contributed by atoms with Gasteiger partial charge in [-0.3, -0.25) is 0 Å². The number of aromatic nitrogens is 2. The van der Waals surface area contributed by atoms with Gasteiger partial charge in [0.2, 0.25) is 11.7 Å². The molecule has 5 nitrogen and oxygen atoms in total. The van der Waals surface area contributed by atoms with E-state index in [1.54, 1.807) is 7.11 Å². The van der Waals surface area contributed by atoms with Gasteiger partial charge in [0.25, 0.3) is 0 Å². The third-order valence-corrected chi connectivity index (χ3v) is 3.68. The third-order valence-electron chi connectivity index (χ3n) is 2.65. The highest BCUT2D eigenvalue weighted by molar-refractivity contribution is 9.10. The lowest BCUT2D eigenvalue weighted by Crippen LogP contribution is -1.98. The van der Waals surface area contributed by atoms with Gasteiger partial charge in [-0.1, -0.05) is 11.2 Å². The zero-order valence-electron chi connectivity index (χ0n) is 10.5. The maximum absolute atomic E-state index is 5.47. The molecule has 0 aliphatic carbocycles. The number of nitrogens with two attached hydrogens (primary N) is 1. The van der Waals surface area contributed by atoms with Crippen LogP contribution in [0.25, 0.3) is 11.4 Å². The molecule has 2 N–H and O–H groups in total. The van der Waals surface area contributed by atoms with E-state index in [-0.39, 0.29) is 6.54 Å².